The number of hydrogen-bond acceptors (Lipinski definition) is 6. The summed E-state index contributed by atoms with van der Waals surface area (Å²) in [6.07, 6.45) is 1.44. The molecule has 2 fully saturated rings. The number of ether oxygens (including phenoxy) is 1. The molecule has 8 nitrogen and oxygen atoms in total. The van der Waals surface area contributed by atoms with E-state index in [1.54, 1.807) is 0 Å². The minimum Gasteiger partial charge on any atom is -0.393 e. The smallest absolute Gasteiger partial charge is 0.255 e. The van der Waals surface area contributed by atoms with E-state index in [4.69, 9.17) is 9.72 Å². The molecular weight excluding hydrogens is 466 g/mol. The first-order valence-corrected chi connectivity index (χ1v) is 12.9. The van der Waals surface area contributed by atoms with Crippen LogP contribution in [0.5, 0.6) is 0 Å². The van der Waals surface area contributed by atoms with Crippen LogP contribution in [0.4, 0.5) is 17.1 Å². The predicted octanol–water partition coefficient (Wildman–Crippen LogP) is 4.28. The van der Waals surface area contributed by atoms with Gasteiger partial charge in [-0.2, -0.15) is 0 Å². The van der Waals surface area contributed by atoms with Crippen LogP contribution in [0.3, 0.4) is 0 Å². The molecule has 6 rings (SSSR count). The molecule has 1 aromatic heterocycles. The van der Waals surface area contributed by atoms with Crippen LogP contribution in [0, 0.1) is 0 Å². The number of nitrogens with zero attached hydrogens (tertiary/aromatic N) is 3. The number of imidazole rings is 1. The number of nitrogens with one attached hydrogen (secondary N) is 2. The van der Waals surface area contributed by atoms with Crippen LogP contribution < -0.4 is 15.1 Å². The SMILES string of the molecule is O=C(Nc1ccc2nc(-c3ccc(N4CCC(O)CC4)cc3)[nH]c2c1)c1ccc(N2CCOCC2)cc1. The molecule has 0 saturated carbocycles. The fraction of sp³-hybridized carbons (Fsp3) is 0.310. The van der Waals surface area contributed by atoms with E-state index in [0.29, 0.717) is 11.3 Å². The van der Waals surface area contributed by atoms with Gasteiger partial charge in [0.15, 0.2) is 0 Å². The van der Waals surface area contributed by atoms with E-state index in [9.17, 15) is 9.90 Å². The molecule has 2 aliphatic heterocycles. The monoisotopic (exact) mass is 497 g/mol. The average Bonchev–Trinajstić information content (AvgIpc) is 3.38. The summed E-state index contributed by atoms with van der Waals surface area (Å²) in [5.41, 5.74) is 6.31. The van der Waals surface area contributed by atoms with Gasteiger partial charge in [-0.1, -0.05) is 0 Å². The minimum absolute atomic E-state index is 0.145. The number of carbonyl (C=O) groups excluding carboxylic acids is 1. The van der Waals surface area contributed by atoms with E-state index in [1.807, 2.05) is 42.5 Å². The summed E-state index contributed by atoms with van der Waals surface area (Å²) in [6, 6.07) is 21.8. The number of amides is 1. The lowest BCUT2D eigenvalue weighted by molar-refractivity contribution is 0.102. The summed E-state index contributed by atoms with van der Waals surface area (Å²) in [6.45, 7) is 4.94. The Morgan fingerprint density at radius 3 is 2.24 bits per heavy atom. The maximum atomic E-state index is 12.9. The fourth-order valence-corrected chi connectivity index (χ4v) is 5.03. The maximum absolute atomic E-state index is 12.9. The molecule has 1 amide bonds. The second-order valence-electron chi connectivity index (χ2n) is 9.68. The number of aromatic amines is 1. The lowest BCUT2D eigenvalue weighted by Gasteiger charge is -2.31. The lowest BCUT2D eigenvalue weighted by Crippen LogP contribution is -2.36. The van der Waals surface area contributed by atoms with Gasteiger partial charge in [-0.3, -0.25) is 4.79 Å². The van der Waals surface area contributed by atoms with Gasteiger partial charge in [-0.15, -0.1) is 0 Å². The first kappa shape index (κ1) is 23.5. The number of morpholine rings is 1. The van der Waals surface area contributed by atoms with Crippen molar-refractivity contribution >= 4 is 34.0 Å². The number of piperidine rings is 1. The zero-order valence-corrected chi connectivity index (χ0v) is 20.7. The van der Waals surface area contributed by atoms with Gasteiger partial charge in [0.2, 0.25) is 0 Å². The normalized spacial score (nSPS) is 16.8. The highest BCUT2D eigenvalue weighted by Gasteiger charge is 2.18. The predicted molar refractivity (Wildman–Crippen MR) is 146 cm³/mol. The van der Waals surface area contributed by atoms with E-state index in [1.165, 1.54) is 0 Å². The number of benzene rings is 3. The third kappa shape index (κ3) is 5.16. The molecular formula is C29H31N5O3. The highest BCUT2D eigenvalue weighted by molar-refractivity contribution is 6.05. The number of aromatic nitrogens is 2. The lowest BCUT2D eigenvalue weighted by atomic mass is 10.1. The molecule has 0 radical (unpaired) electrons. The number of carbonyl (C=O) groups is 1. The first-order valence-electron chi connectivity index (χ1n) is 12.9. The number of aliphatic hydroxyl groups is 1. The van der Waals surface area contributed by atoms with Gasteiger partial charge in [0, 0.05) is 54.4 Å². The molecule has 0 atom stereocenters. The fourth-order valence-electron chi connectivity index (χ4n) is 5.03. The Balaban J connectivity index is 1.13. The van der Waals surface area contributed by atoms with E-state index in [-0.39, 0.29) is 12.0 Å². The number of aliphatic hydroxyl groups excluding tert-OH is 1. The third-order valence-electron chi connectivity index (χ3n) is 7.22. The molecule has 37 heavy (non-hydrogen) atoms. The number of fused-ring (bicyclic) bond motifs is 1. The number of hydrogen-bond donors (Lipinski definition) is 3. The van der Waals surface area contributed by atoms with E-state index < -0.39 is 0 Å². The summed E-state index contributed by atoms with van der Waals surface area (Å²) in [4.78, 5) is 25.6. The van der Waals surface area contributed by atoms with E-state index in [0.717, 1.165) is 86.0 Å². The molecule has 190 valence electrons. The zero-order valence-electron chi connectivity index (χ0n) is 20.7. The summed E-state index contributed by atoms with van der Waals surface area (Å²) < 4.78 is 5.42. The molecule has 3 aromatic carbocycles. The first-order chi connectivity index (χ1) is 18.1. The topological polar surface area (TPSA) is 93.7 Å². The molecule has 8 heteroatoms. The quantitative estimate of drug-likeness (QED) is 0.381. The molecule has 3 heterocycles. The molecule has 0 aliphatic carbocycles. The Morgan fingerprint density at radius 1 is 0.892 bits per heavy atom. The molecule has 3 N–H and O–H groups in total. The Bertz CT molecular complexity index is 1370. The summed E-state index contributed by atoms with van der Waals surface area (Å²) in [5, 5.41) is 12.8. The van der Waals surface area contributed by atoms with Crippen LogP contribution in [0.2, 0.25) is 0 Å². The van der Waals surface area contributed by atoms with Crippen molar-refractivity contribution in [2.45, 2.75) is 18.9 Å². The molecule has 0 unspecified atom stereocenters. The van der Waals surface area contributed by atoms with Crippen LogP contribution in [-0.2, 0) is 4.74 Å². The molecule has 2 aliphatic rings. The standard InChI is InChI=1S/C29H31N5O3/c35-25-11-13-33(14-12-25)23-6-1-20(2-7-23)28-31-26-10-5-22(19-27(26)32-28)30-29(36)21-3-8-24(9-4-21)34-15-17-37-18-16-34/h1-10,19,25,35H,11-18H2,(H,30,36)(H,31,32). The average molecular weight is 498 g/mol. The second-order valence-corrected chi connectivity index (χ2v) is 9.68. The van der Waals surface area contributed by atoms with Crippen molar-refractivity contribution in [3.63, 3.8) is 0 Å². The van der Waals surface area contributed by atoms with Crippen LogP contribution in [0.25, 0.3) is 22.4 Å². The van der Waals surface area contributed by atoms with Crippen molar-refractivity contribution < 1.29 is 14.6 Å². The highest BCUT2D eigenvalue weighted by Crippen LogP contribution is 2.27. The van der Waals surface area contributed by atoms with Gasteiger partial charge in [0.1, 0.15) is 5.82 Å². The van der Waals surface area contributed by atoms with Crippen molar-refractivity contribution in [3.8, 4) is 11.4 Å². The largest absolute Gasteiger partial charge is 0.393 e. The van der Waals surface area contributed by atoms with Gasteiger partial charge in [-0.25, -0.2) is 4.98 Å². The van der Waals surface area contributed by atoms with Crippen molar-refractivity contribution in [3.05, 3.63) is 72.3 Å². The van der Waals surface area contributed by atoms with Gasteiger partial charge < -0.3 is 29.9 Å². The summed E-state index contributed by atoms with van der Waals surface area (Å²) in [5.74, 6) is 0.645. The van der Waals surface area contributed by atoms with Gasteiger partial charge in [0.05, 0.1) is 30.4 Å². The molecule has 4 aromatic rings. The number of rotatable bonds is 5. The molecule has 2 saturated heterocycles. The van der Waals surface area contributed by atoms with Crippen LogP contribution in [0.1, 0.15) is 23.2 Å². The van der Waals surface area contributed by atoms with Gasteiger partial charge in [-0.05, 0) is 79.6 Å². The van der Waals surface area contributed by atoms with Crippen LogP contribution in [0.15, 0.2) is 66.7 Å². The van der Waals surface area contributed by atoms with E-state index >= 15 is 0 Å². The summed E-state index contributed by atoms with van der Waals surface area (Å²) in [7, 11) is 0. The Morgan fingerprint density at radius 2 is 1.54 bits per heavy atom. The van der Waals surface area contributed by atoms with Gasteiger partial charge in [0.25, 0.3) is 5.91 Å². The summed E-state index contributed by atoms with van der Waals surface area (Å²) >= 11 is 0. The Hall–Kier alpha value is -3.88. The van der Waals surface area contributed by atoms with Gasteiger partial charge >= 0.3 is 0 Å². The molecule has 0 spiro atoms. The Kier molecular flexibility index (Phi) is 6.51. The second kappa shape index (κ2) is 10.2. The van der Waals surface area contributed by atoms with Crippen LogP contribution in [-0.4, -0.2) is 66.5 Å². The highest BCUT2D eigenvalue weighted by atomic mass is 16.5. The number of anilines is 3. The van der Waals surface area contributed by atoms with Crippen molar-refractivity contribution in [1.82, 2.24) is 9.97 Å². The zero-order chi connectivity index (χ0) is 25.2. The Labute approximate surface area is 215 Å². The maximum Gasteiger partial charge on any atom is 0.255 e. The third-order valence-corrected chi connectivity index (χ3v) is 7.22. The van der Waals surface area contributed by atoms with Crippen molar-refractivity contribution in [2.75, 3.05) is 54.5 Å². The minimum atomic E-state index is -0.179. The van der Waals surface area contributed by atoms with E-state index in [2.05, 4.69) is 44.4 Å². The van der Waals surface area contributed by atoms with Crippen molar-refractivity contribution in [1.29, 1.82) is 0 Å². The van der Waals surface area contributed by atoms with Crippen molar-refractivity contribution in [2.24, 2.45) is 0 Å². The van der Waals surface area contributed by atoms with Crippen LogP contribution >= 0.6 is 0 Å². The number of H-pyrrole nitrogens is 1. The molecule has 0 bridgehead atoms.